The first kappa shape index (κ1) is 17.7. The van der Waals surface area contributed by atoms with Crippen molar-refractivity contribution in [3.63, 3.8) is 0 Å². The standard InChI is InChI=1S/C15H17F2N3O4S/c1-15(13(21)18-14(22)19-15)9-5-7-20(8-6-9)25(23,24)11-4-2-3-10(16)12(11)17/h2-4,9H,5-8H2,1H3,(H2,18,19,21,22). The molecule has 1 unspecified atom stereocenters. The van der Waals surface area contributed by atoms with Gasteiger partial charge in [0.25, 0.3) is 5.91 Å². The number of sulfonamides is 1. The van der Waals surface area contributed by atoms with Crippen molar-refractivity contribution in [3.8, 4) is 0 Å². The summed E-state index contributed by atoms with van der Waals surface area (Å²) in [6, 6.07) is 2.43. The fraction of sp³-hybridized carbons (Fsp3) is 0.467. The summed E-state index contributed by atoms with van der Waals surface area (Å²) in [7, 11) is -4.18. The van der Waals surface area contributed by atoms with Crippen molar-refractivity contribution in [3.05, 3.63) is 29.8 Å². The van der Waals surface area contributed by atoms with Gasteiger partial charge in [-0.05, 0) is 37.8 Å². The second-order valence-electron chi connectivity index (χ2n) is 6.34. The van der Waals surface area contributed by atoms with Crippen LogP contribution in [0.5, 0.6) is 0 Å². The summed E-state index contributed by atoms with van der Waals surface area (Å²) < 4.78 is 53.4. The lowest BCUT2D eigenvalue weighted by atomic mass is 9.79. The first-order valence-corrected chi connectivity index (χ1v) is 9.18. The van der Waals surface area contributed by atoms with Gasteiger partial charge in [-0.3, -0.25) is 10.1 Å². The Morgan fingerprint density at radius 3 is 2.40 bits per heavy atom. The zero-order chi connectivity index (χ0) is 18.4. The zero-order valence-electron chi connectivity index (χ0n) is 13.4. The van der Waals surface area contributed by atoms with Crippen LogP contribution in [0.3, 0.4) is 0 Å². The fourth-order valence-electron chi connectivity index (χ4n) is 3.34. The lowest BCUT2D eigenvalue weighted by molar-refractivity contribution is -0.125. The van der Waals surface area contributed by atoms with E-state index in [0.717, 1.165) is 22.5 Å². The second kappa shape index (κ2) is 6.03. The SMILES string of the molecule is CC1(C2CCN(S(=O)(=O)c3cccc(F)c3F)CC2)NC(=O)NC1=O. The molecular weight excluding hydrogens is 356 g/mol. The minimum atomic E-state index is -4.18. The normalized spacial score (nSPS) is 25.7. The van der Waals surface area contributed by atoms with Crippen molar-refractivity contribution in [1.82, 2.24) is 14.9 Å². The van der Waals surface area contributed by atoms with Crippen LogP contribution in [-0.2, 0) is 14.8 Å². The summed E-state index contributed by atoms with van der Waals surface area (Å²) in [5.41, 5.74) is -1.10. The van der Waals surface area contributed by atoms with E-state index in [1.54, 1.807) is 6.92 Å². The number of piperidine rings is 1. The van der Waals surface area contributed by atoms with E-state index in [0.29, 0.717) is 12.8 Å². The highest BCUT2D eigenvalue weighted by Gasteiger charge is 2.49. The molecule has 0 saturated carbocycles. The highest BCUT2D eigenvalue weighted by molar-refractivity contribution is 7.89. The van der Waals surface area contributed by atoms with Gasteiger partial charge in [-0.25, -0.2) is 22.0 Å². The van der Waals surface area contributed by atoms with Crippen LogP contribution in [0.25, 0.3) is 0 Å². The van der Waals surface area contributed by atoms with Crippen LogP contribution in [0.4, 0.5) is 13.6 Å². The topological polar surface area (TPSA) is 95.6 Å². The van der Waals surface area contributed by atoms with Crippen molar-refractivity contribution in [1.29, 1.82) is 0 Å². The largest absolute Gasteiger partial charge is 0.323 e. The number of carbonyl (C=O) groups is 2. The number of halogens is 2. The number of benzene rings is 1. The highest BCUT2D eigenvalue weighted by atomic mass is 32.2. The molecule has 2 aliphatic rings. The monoisotopic (exact) mass is 373 g/mol. The van der Waals surface area contributed by atoms with Crippen LogP contribution in [0, 0.1) is 17.6 Å². The van der Waals surface area contributed by atoms with Gasteiger partial charge < -0.3 is 5.32 Å². The Morgan fingerprint density at radius 1 is 1.20 bits per heavy atom. The molecule has 3 rings (SSSR count). The van der Waals surface area contributed by atoms with Crippen LogP contribution in [0.15, 0.2) is 23.1 Å². The van der Waals surface area contributed by atoms with E-state index in [9.17, 15) is 26.8 Å². The molecule has 1 aromatic rings. The predicted octanol–water partition coefficient (Wildman–Crippen LogP) is 0.964. The van der Waals surface area contributed by atoms with E-state index in [2.05, 4.69) is 10.6 Å². The van der Waals surface area contributed by atoms with Gasteiger partial charge in [0.15, 0.2) is 11.6 Å². The predicted molar refractivity (Wildman–Crippen MR) is 82.9 cm³/mol. The third-order valence-electron chi connectivity index (χ3n) is 4.88. The smallest absolute Gasteiger partial charge is 0.322 e. The molecule has 1 atom stereocenters. The first-order valence-electron chi connectivity index (χ1n) is 7.74. The Balaban J connectivity index is 1.77. The third kappa shape index (κ3) is 2.89. The molecule has 0 aliphatic carbocycles. The van der Waals surface area contributed by atoms with Gasteiger partial charge in [0.1, 0.15) is 10.4 Å². The van der Waals surface area contributed by atoms with Gasteiger partial charge in [-0.2, -0.15) is 4.31 Å². The van der Waals surface area contributed by atoms with E-state index in [4.69, 9.17) is 0 Å². The lowest BCUT2D eigenvalue weighted by Gasteiger charge is -2.38. The first-order chi connectivity index (χ1) is 11.7. The number of hydrogen-bond acceptors (Lipinski definition) is 4. The molecule has 0 aromatic heterocycles. The van der Waals surface area contributed by atoms with Gasteiger partial charge in [0.05, 0.1) is 0 Å². The van der Waals surface area contributed by atoms with Crippen LogP contribution in [-0.4, -0.2) is 43.3 Å². The number of nitrogens with one attached hydrogen (secondary N) is 2. The Bertz CT molecular complexity index is 837. The summed E-state index contributed by atoms with van der Waals surface area (Å²) in [6.07, 6.45) is 0.612. The average molecular weight is 373 g/mol. The van der Waals surface area contributed by atoms with Crippen molar-refractivity contribution < 1.29 is 26.8 Å². The van der Waals surface area contributed by atoms with E-state index in [1.807, 2.05) is 0 Å². The van der Waals surface area contributed by atoms with Gasteiger partial charge in [0, 0.05) is 13.1 Å². The molecule has 2 fully saturated rings. The molecule has 25 heavy (non-hydrogen) atoms. The Kier molecular flexibility index (Phi) is 4.28. The molecule has 3 amide bonds. The van der Waals surface area contributed by atoms with Gasteiger partial charge in [-0.1, -0.05) is 6.07 Å². The van der Waals surface area contributed by atoms with E-state index in [1.165, 1.54) is 0 Å². The van der Waals surface area contributed by atoms with Crippen LogP contribution in [0.1, 0.15) is 19.8 Å². The number of hydrogen-bond donors (Lipinski definition) is 2. The van der Waals surface area contributed by atoms with Crippen LogP contribution >= 0.6 is 0 Å². The quantitative estimate of drug-likeness (QED) is 0.772. The number of amides is 3. The molecule has 136 valence electrons. The summed E-state index contributed by atoms with van der Waals surface area (Å²) in [4.78, 5) is 22.6. The molecule has 0 radical (unpaired) electrons. The van der Waals surface area contributed by atoms with Crippen molar-refractivity contribution in [2.24, 2.45) is 5.92 Å². The number of nitrogens with zero attached hydrogens (tertiary/aromatic N) is 1. The summed E-state index contributed by atoms with van der Waals surface area (Å²) in [6.45, 7) is 1.68. The summed E-state index contributed by atoms with van der Waals surface area (Å²) >= 11 is 0. The van der Waals surface area contributed by atoms with E-state index in [-0.39, 0.29) is 19.0 Å². The maximum atomic E-state index is 13.8. The molecule has 0 spiro atoms. The molecule has 1 aromatic carbocycles. The molecule has 7 nitrogen and oxygen atoms in total. The van der Waals surface area contributed by atoms with E-state index < -0.39 is 44.0 Å². The highest BCUT2D eigenvalue weighted by Crippen LogP contribution is 2.33. The Hall–Kier alpha value is -2.07. The molecule has 2 heterocycles. The summed E-state index contributed by atoms with van der Waals surface area (Å²) in [5, 5.41) is 4.75. The zero-order valence-corrected chi connectivity index (χ0v) is 14.2. The van der Waals surface area contributed by atoms with Gasteiger partial charge in [-0.15, -0.1) is 0 Å². The average Bonchev–Trinajstić information content (AvgIpc) is 2.83. The molecular formula is C15H17F2N3O4S. The molecule has 2 N–H and O–H groups in total. The summed E-state index contributed by atoms with van der Waals surface area (Å²) in [5.74, 6) is -3.34. The molecule has 0 bridgehead atoms. The Morgan fingerprint density at radius 2 is 1.84 bits per heavy atom. The molecule has 2 saturated heterocycles. The maximum Gasteiger partial charge on any atom is 0.322 e. The third-order valence-corrected chi connectivity index (χ3v) is 6.79. The fourth-order valence-corrected chi connectivity index (χ4v) is 4.88. The van der Waals surface area contributed by atoms with Crippen LogP contribution < -0.4 is 10.6 Å². The van der Waals surface area contributed by atoms with Crippen molar-refractivity contribution >= 4 is 22.0 Å². The van der Waals surface area contributed by atoms with Crippen LogP contribution in [0.2, 0.25) is 0 Å². The lowest BCUT2D eigenvalue weighted by Crippen LogP contribution is -2.54. The van der Waals surface area contributed by atoms with Gasteiger partial charge in [0.2, 0.25) is 10.0 Å². The number of imide groups is 1. The maximum absolute atomic E-state index is 13.8. The van der Waals surface area contributed by atoms with E-state index >= 15 is 0 Å². The minimum Gasteiger partial charge on any atom is -0.323 e. The van der Waals surface area contributed by atoms with Crippen molar-refractivity contribution in [2.75, 3.05) is 13.1 Å². The molecule has 10 heteroatoms. The number of urea groups is 1. The van der Waals surface area contributed by atoms with Gasteiger partial charge >= 0.3 is 6.03 Å². The second-order valence-corrected chi connectivity index (χ2v) is 8.25. The minimum absolute atomic E-state index is 0.0433. The van der Waals surface area contributed by atoms with Crippen molar-refractivity contribution in [2.45, 2.75) is 30.2 Å². The number of carbonyl (C=O) groups excluding carboxylic acids is 2. The molecule has 2 aliphatic heterocycles. The Labute approximate surface area is 143 Å². The number of rotatable bonds is 3.